The first-order valence-corrected chi connectivity index (χ1v) is 7.94. The monoisotopic (exact) mass is 289 g/mol. The number of hydrogen-bond donors (Lipinski definition) is 2. The number of nitrogens with two attached hydrogens (primary N) is 1. The van der Waals surface area contributed by atoms with Crippen LogP contribution >= 0.6 is 0 Å². The van der Waals surface area contributed by atoms with Crippen LogP contribution < -0.4 is 5.73 Å². The SMILES string of the molecule is N=C(N)c1cccc(CN2CCC3(CCCC3)CC2)c1F. The molecule has 1 saturated heterocycles. The molecular weight excluding hydrogens is 265 g/mol. The zero-order valence-corrected chi connectivity index (χ0v) is 12.5. The zero-order valence-electron chi connectivity index (χ0n) is 12.5. The molecule has 21 heavy (non-hydrogen) atoms. The van der Waals surface area contributed by atoms with Gasteiger partial charge in [-0.25, -0.2) is 4.39 Å². The summed E-state index contributed by atoms with van der Waals surface area (Å²) < 4.78 is 14.3. The molecule has 1 saturated carbocycles. The molecule has 0 aromatic heterocycles. The molecule has 1 aliphatic carbocycles. The van der Waals surface area contributed by atoms with Gasteiger partial charge in [0.2, 0.25) is 0 Å². The van der Waals surface area contributed by atoms with Gasteiger partial charge in [0.1, 0.15) is 11.7 Å². The molecule has 3 nitrogen and oxygen atoms in total. The lowest BCUT2D eigenvalue weighted by molar-refractivity contribution is 0.103. The van der Waals surface area contributed by atoms with Crippen LogP contribution in [0.4, 0.5) is 4.39 Å². The summed E-state index contributed by atoms with van der Waals surface area (Å²) in [6.45, 7) is 2.75. The Hall–Kier alpha value is -1.42. The summed E-state index contributed by atoms with van der Waals surface area (Å²) in [7, 11) is 0. The summed E-state index contributed by atoms with van der Waals surface area (Å²) in [5, 5.41) is 7.43. The number of likely N-dealkylation sites (tertiary alicyclic amines) is 1. The van der Waals surface area contributed by atoms with E-state index >= 15 is 0 Å². The summed E-state index contributed by atoms with van der Waals surface area (Å²) in [4.78, 5) is 2.34. The average Bonchev–Trinajstić information content (AvgIpc) is 2.92. The number of nitrogens with one attached hydrogen (secondary N) is 1. The Balaban J connectivity index is 1.65. The molecule has 0 amide bonds. The fraction of sp³-hybridized carbons (Fsp3) is 0.588. The fourth-order valence-electron chi connectivity index (χ4n) is 3.96. The molecule has 114 valence electrons. The lowest BCUT2D eigenvalue weighted by Crippen LogP contribution is -2.38. The van der Waals surface area contributed by atoms with Gasteiger partial charge in [0.15, 0.2) is 0 Å². The van der Waals surface area contributed by atoms with Crippen LogP contribution in [0.5, 0.6) is 0 Å². The summed E-state index contributed by atoms with van der Waals surface area (Å²) in [6, 6.07) is 5.17. The van der Waals surface area contributed by atoms with Crippen LogP contribution in [0.15, 0.2) is 18.2 Å². The maximum atomic E-state index is 14.3. The van der Waals surface area contributed by atoms with Gasteiger partial charge in [0.25, 0.3) is 0 Å². The molecule has 1 spiro atoms. The number of rotatable bonds is 3. The molecule has 0 atom stereocenters. The second-order valence-corrected chi connectivity index (χ2v) is 6.68. The van der Waals surface area contributed by atoms with E-state index in [1.807, 2.05) is 6.07 Å². The van der Waals surface area contributed by atoms with Gasteiger partial charge in [0.05, 0.1) is 5.56 Å². The third-order valence-corrected chi connectivity index (χ3v) is 5.34. The van der Waals surface area contributed by atoms with E-state index in [0.717, 1.165) is 13.1 Å². The van der Waals surface area contributed by atoms with Crippen molar-refractivity contribution in [2.75, 3.05) is 13.1 Å². The van der Waals surface area contributed by atoms with Gasteiger partial charge in [-0.15, -0.1) is 0 Å². The first-order valence-electron chi connectivity index (χ1n) is 7.94. The standard InChI is InChI=1S/C17H24FN3/c18-15-13(4-3-5-14(15)16(19)20)12-21-10-8-17(9-11-21)6-1-2-7-17/h3-5H,1-2,6-12H2,(H3,19,20). The Morgan fingerprint density at radius 1 is 1.19 bits per heavy atom. The highest BCUT2D eigenvalue weighted by Gasteiger charge is 2.36. The normalized spacial score (nSPS) is 21.8. The van der Waals surface area contributed by atoms with Crippen LogP contribution in [0.1, 0.15) is 49.7 Å². The third kappa shape index (κ3) is 2.95. The zero-order chi connectivity index (χ0) is 14.9. The highest BCUT2D eigenvalue weighted by molar-refractivity contribution is 5.95. The third-order valence-electron chi connectivity index (χ3n) is 5.34. The molecule has 1 aromatic rings. The molecule has 1 heterocycles. The van der Waals surface area contributed by atoms with E-state index in [9.17, 15) is 4.39 Å². The lowest BCUT2D eigenvalue weighted by atomic mass is 9.77. The molecular formula is C17H24FN3. The van der Waals surface area contributed by atoms with E-state index in [1.165, 1.54) is 38.5 Å². The second-order valence-electron chi connectivity index (χ2n) is 6.68. The fourth-order valence-corrected chi connectivity index (χ4v) is 3.96. The van der Waals surface area contributed by atoms with E-state index in [-0.39, 0.29) is 17.2 Å². The molecule has 3 rings (SSSR count). The highest BCUT2D eigenvalue weighted by atomic mass is 19.1. The quantitative estimate of drug-likeness (QED) is 0.663. The van der Waals surface area contributed by atoms with Gasteiger partial charge in [-0.3, -0.25) is 10.3 Å². The minimum absolute atomic E-state index is 0.196. The number of halogens is 1. The van der Waals surface area contributed by atoms with E-state index in [1.54, 1.807) is 12.1 Å². The van der Waals surface area contributed by atoms with E-state index in [4.69, 9.17) is 11.1 Å². The Morgan fingerprint density at radius 3 is 2.48 bits per heavy atom. The summed E-state index contributed by atoms with van der Waals surface area (Å²) >= 11 is 0. The molecule has 0 unspecified atom stereocenters. The van der Waals surface area contributed by atoms with E-state index in [2.05, 4.69) is 4.90 Å². The molecule has 1 aromatic carbocycles. The van der Waals surface area contributed by atoms with Gasteiger partial charge in [-0.2, -0.15) is 0 Å². The van der Waals surface area contributed by atoms with Gasteiger partial charge >= 0.3 is 0 Å². The van der Waals surface area contributed by atoms with Crippen molar-refractivity contribution < 1.29 is 4.39 Å². The van der Waals surface area contributed by atoms with Crippen molar-refractivity contribution >= 4 is 5.84 Å². The van der Waals surface area contributed by atoms with Crippen molar-refractivity contribution in [1.82, 2.24) is 4.90 Å². The van der Waals surface area contributed by atoms with Gasteiger partial charge in [0, 0.05) is 12.1 Å². The average molecular weight is 289 g/mol. The predicted octanol–water partition coefficient (Wildman–Crippen LogP) is 3.27. The van der Waals surface area contributed by atoms with Gasteiger partial charge in [-0.1, -0.05) is 25.0 Å². The molecule has 0 bridgehead atoms. The van der Waals surface area contributed by atoms with Crippen LogP contribution in [0, 0.1) is 16.6 Å². The van der Waals surface area contributed by atoms with Crippen molar-refractivity contribution in [1.29, 1.82) is 5.41 Å². The number of piperidine rings is 1. The number of benzene rings is 1. The van der Waals surface area contributed by atoms with Crippen molar-refractivity contribution in [2.45, 2.75) is 45.1 Å². The summed E-state index contributed by atoms with van der Waals surface area (Å²) in [5.74, 6) is -0.524. The van der Waals surface area contributed by atoms with Crippen molar-refractivity contribution in [2.24, 2.45) is 11.1 Å². The topological polar surface area (TPSA) is 53.1 Å². The maximum absolute atomic E-state index is 14.3. The number of amidine groups is 1. The lowest BCUT2D eigenvalue weighted by Gasteiger charge is -2.39. The van der Waals surface area contributed by atoms with Crippen LogP contribution in [-0.2, 0) is 6.54 Å². The molecule has 2 aliphatic rings. The summed E-state index contributed by atoms with van der Waals surface area (Å²) in [6.07, 6.45) is 8.04. The van der Waals surface area contributed by atoms with E-state index in [0.29, 0.717) is 17.5 Å². The first-order chi connectivity index (χ1) is 10.1. The van der Waals surface area contributed by atoms with Gasteiger partial charge < -0.3 is 5.73 Å². The minimum Gasteiger partial charge on any atom is -0.384 e. The molecule has 3 N–H and O–H groups in total. The Morgan fingerprint density at radius 2 is 1.86 bits per heavy atom. The van der Waals surface area contributed by atoms with Crippen molar-refractivity contribution in [3.05, 3.63) is 35.1 Å². The maximum Gasteiger partial charge on any atom is 0.138 e. The summed E-state index contributed by atoms with van der Waals surface area (Å²) in [5.41, 5.74) is 6.90. The van der Waals surface area contributed by atoms with Crippen molar-refractivity contribution in [3.8, 4) is 0 Å². The van der Waals surface area contributed by atoms with Crippen molar-refractivity contribution in [3.63, 3.8) is 0 Å². The minimum atomic E-state index is -0.328. The highest BCUT2D eigenvalue weighted by Crippen LogP contribution is 2.46. The smallest absolute Gasteiger partial charge is 0.138 e. The number of hydrogen-bond acceptors (Lipinski definition) is 2. The Bertz CT molecular complexity index is 525. The Kier molecular flexibility index (Phi) is 3.98. The second kappa shape index (κ2) is 5.76. The molecule has 2 fully saturated rings. The number of nitrogen functional groups attached to an aromatic ring is 1. The molecule has 4 heteroatoms. The van der Waals surface area contributed by atoms with Gasteiger partial charge in [-0.05, 0) is 50.3 Å². The number of nitrogens with zero attached hydrogens (tertiary/aromatic N) is 1. The molecule has 0 radical (unpaired) electrons. The van der Waals surface area contributed by atoms with Crippen LogP contribution in [0.25, 0.3) is 0 Å². The predicted molar refractivity (Wildman–Crippen MR) is 82.8 cm³/mol. The van der Waals surface area contributed by atoms with Crippen LogP contribution in [0.3, 0.4) is 0 Å². The first kappa shape index (κ1) is 14.5. The van der Waals surface area contributed by atoms with Crippen LogP contribution in [0.2, 0.25) is 0 Å². The molecule has 1 aliphatic heterocycles. The van der Waals surface area contributed by atoms with Crippen LogP contribution in [-0.4, -0.2) is 23.8 Å². The van der Waals surface area contributed by atoms with E-state index < -0.39 is 0 Å². The largest absolute Gasteiger partial charge is 0.384 e. The Labute approximate surface area is 125 Å².